The third-order valence-electron chi connectivity index (χ3n) is 3.10. The van der Waals surface area contributed by atoms with Gasteiger partial charge in [0.15, 0.2) is 0 Å². The summed E-state index contributed by atoms with van der Waals surface area (Å²) in [4.78, 5) is 0. The fourth-order valence-corrected chi connectivity index (χ4v) is 3.00. The highest BCUT2D eigenvalue weighted by molar-refractivity contribution is 7.98. The molecular weight excluding hydrogens is 178 g/mol. The van der Waals surface area contributed by atoms with E-state index in [9.17, 15) is 0 Å². The number of nitrogens with one attached hydrogen (secondary N) is 1. The fourth-order valence-electron chi connectivity index (χ4n) is 2.41. The van der Waals surface area contributed by atoms with Gasteiger partial charge in [0.05, 0.1) is 0 Å². The van der Waals surface area contributed by atoms with E-state index in [1.807, 2.05) is 11.8 Å². The molecule has 0 radical (unpaired) electrons. The molecule has 1 nitrogen and oxygen atoms in total. The molecule has 0 amide bonds. The van der Waals surface area contributed by atoms with Crippen molar-refractivity contribution in [3.8, 4) is 0 Å². The molecule has 1 rings (SSSR count). The molecule has 1 aliphatic carbocycles. The predicted molar refractivity (Wildman–Crippen MR) is 62.4 cm³/mol. The van der Waals surface area contributed by atoms with Crippen molar-refractivity contribution in [2.24, 2.45) is 5.92 Å². The van der Waals surface area contributed by atoms with E-state index in [2.05, 4.69) is 25.4 Å². The van der Waals surface area contributed by atoms with Crippen molar-refractivity contribution in [2.75, 3.05) is 12.0 Å². The molecule has 3 atom stereocenters. The highest BCUT2D eigenvalue weighted by Crippen LogP contribution is 2.28. The van der Waals surface area contributed by atoms with Gasteiger partial charge < -0.3 is 5.32 Å². The van der Waals surface area contributed by atoms with E-state index in [0.29, 0.717) is 6.04 Å². The summed E-state index contributed by atoms with van der Waals surface area (Å²) in [5.74, 6) is 2.19. The maximum atomic E-state index is 3.76. The fraction of sp³-hybridized carbons (Fsp3) is 1.00. The molecule has 0 saturated heterocycles. The SMILES string of the molecule is CCC1CCCC1NC(C)CSC. The Balaban J connectivity index is 2.26. The van der Waals surface area contributed by atoms with Gasteiger partial charge in [-0.25, -0.2) is 0 Å². The Morgan fingerprint density at radius 3 is 2.85 bits per heavy atom. The lowest BCUT2D eigenvalue weighted by atomic mass is 10.0. The average Bonchev–Trinajstić information content (AvgIpc) is 2.52. The largest absolute Gasteiger partial charge is 0.310 e. The topological polar surface area (TPSA) is 12.0 Å². The second-order valence-electron chi connectivity index (χ2n) is 4.23. The molecule has 3 unspecified atom stereocenters. The second-order valence-corrected chi connectivity index (χ2v) is 5.14. The Morgan fingerprint density at radius 1 is 1.46 bits per heavy atom. The molecule has 1 saturated carbocycles. The quantitative estimate of drug-likeness (QED) is 0.734. The summed E-state index contributed by atoms with van der Waals surface area (Å²) in [6.45, 7) is 4.63. The molecular formula is C11H23NS. The molecule has 0 aromatic heterocycles. The van der Waals surface area contributed by atoms with E-state index in [-0.39, 0.29) is 0 Å². The first-order chi connectivity index (χ1) is 6.27. The minimum absolute atomic E-state index is 0.687. The highest BCUT2D eigenvalue weighted by Gasteiger charge is 2.26. The van der Waals surface area contributed by atoms with Gasteiger partial charge in [-0.2, -0.15) is 11.8 Å². The van der Waals surface area contributed by atoms with E-state index >= 15 is 0 Å². The minimum atomic E-state index is 0.687. The lowest BCUT2D eigenvalue weighted by molar-refractivity contribution is 0.368. The van der Waals surface area contributed by atoms with E-state index in [1.54, 1.807) is 0 Å². The van der Waals surface area contributed by atoms with Gasteiger partial charge in [0, 0.05) is 17.8 Å². The van der Waals surface area contributed by atoms with E-state index in [4.69, 9.17) is 0 Å². The monoisotopic (exact) mass is 201 g/mol. The summed E-state index contributed by atoms with van der Waals surface area (Å²) in [5, 5.41) is 3.76. The molecule has 0 heterocycles. The summed E-state index contributed by atoms with van der Waals surface area (Å²) in [6.07, 6.45) is 7.81. The van der Waals surface area contributed by atoms with Crippen molar-refractivity contribution in [1.82, 2.24) is 5.32 Å². The third kappa shape index (κ3) is 3.51. The van der Waals surface area contributed by atoms with Gasteiger partial charge in [0.2, 0.25) is 0 Å². The van der Waals surface area contributed by atoms with Crippen LogP contribution in [0.2, 0.25) is 0 Å². The molecule has 0 aromatic rings. The minimum Gasteiger partial charge on any atom is -0.310 e. The normalized spacial score (nSPS) is 30.7. The van der Waals surface area contributed by atoms with Crippen LogP contribution < -0.4 is 5.32 Å². The smallest absolute Gasteiger partial charge is 0.0132 e. The molecule has 2 heteroatoms. The highest BCUT2D eigenvalue weighted by atomic mass is 32.2. The molecule has 0 spiro atoms. The van der Waals surface area contributed by atoms with Gasteiger partial charge in [-0.15, -0.1) is 0 Å². The Labute approximate surface area is 87.1 Å². The van der Waals surface area contributed by atoms with E-state index < -0.39 is 0 Å². The Kier molecular flexibility index (Phi) is 5.18. The van der Waals surface area contributed by atoms with Crippen LogP contribution in [0.1, 0.15) is 39.5 Å². The summed E-state index contributed by atoms with van der Waals surface area (Å²) >= 11 is 1.94. The van der Waals surface area contributed by atoms with Gasteiger partial charge in [-0.1, -0.05) is 19.8 Å². The zero-order chi connectivity index (χ0) is 9.68. The lowest BCUT2D eigenvalue weighted by Gasteiger charge is -2.23. The van der Waals surface area contributed by atoms with E-state index in [1.165, 1.54) is 31.4 Å². The van der Waals surface area contributed by atoms with Gasteiger partial charge >= 0.3 is 0 Å². The lowest BCUT2D eigenvalue weighted by Crippen LogP contribution is -2.39. The maximum Gasteiger partial charge on any atom is 0.0132 e. The van der Waals surface area contributed by atoms with Crippen LogP contribution in [0.5, 0.6) is 0 Å². The Morgan fingerprint density at radius 2 is 2.23 bits per heavy atom. The molecule has 1 fully saturated rings. The van der Waals surface area contributed by atoms with Crippen LogP contribution in [-0.4, -0.2) is 24.1 Å². The van der Waals surface area contributed by atoms with Crippen molar-refractivity contribution in [1.29, 1.82) is 0 Å². The van der Waals surface area contributed by atoms with Gasteiger partial charge in [-0.3, -0.25) is 0 Å². The first-order valence-electron chi connectivity index (χ1n) is 5.53. The van der Waals surface area contributed by atoms with Crippen molar-refractivity contribution in [2.45, 2.75) is 51.6 Å². The van der Waals surface area contributed by atoms with Crippen LogP contribution in [0.15, 0.2) is 0 Å². The zero-order valence-electron chi connectivity index (χ0n) is 9.18. The van der Waals surface area contributed by atoms with Crippen molar-refractivity contribution in [3.05, 3.63) is 0 Å². The summed E-state index contributed by atoms with van der Waals surface area (Å²) in [6, 6.07) is 1.50. The summed E-state index contributed by atoms with van der Waals surface area (Å²) < 4.78 is 0. The second kappa shape index (κ2) is 5.92. The average molecular weight is 201 g/mol. The molecule has 1 N–H and O–H groups in total. The van der Waals surface area contributed by atoms with Crippen LogP contribution >= 0.6 is 11.8 Å². The molecule has 13 heavy (non-hydrogen) atoms. The van der Waals surface area contributed by atoms with Crippen molar-refractivity contribution >= 4 is 11.8 Å². The van der Waals surface area contributed by atoms with Gasteiger partial charge in [-0.05, 0) is 31.9 Å². The zero-order valence-corrected chi connectivity index (χ0v) is 9.99. The van der Waals surface area contributed by atoms with Crippen LogP contribution in [-0.2, 0) is 0 Å². The number of hydrogen-bond acceptors (Lipinski definition) is 2. The Bertz CT molecular complexity index is 138. The summed E-state index contributed by atoms with van der Waals surface area (Å²) in [7, 11) is 0. The maximum absolute atomic E-state index is 3.76. The molecule has 0 aliphatic heterocycles. The van der Waals surface area contributed by atoms with Crippen LogP contribution in [0.25, 0.3) is 0 Å². The third-order valence-corrected chi connectivity index (χ3v) is 3.93. The molecule has 0 bridgehead atoms. The Hall–Kier alpha value is 0.310. The van der Waals surface area contributed by atoms with Crippen molar-refractivity contribution < 1.29 is 0 Å². The van der Waals surface area contributed by atoms with Gasteiger partial charge in [0.1, 0.15) is 0 Å². The standard InChI is InChI=1S/C11H23NS/c1-4-10-6-5-7-11(10)12-9(2)8-13-3/h9-12H,4-8H2,1-3H3. The molecule has 1 aliphatic rings. The first kappa shape index (κ1) is 11.4. The van der Waals surface area contributed by atoms with E-state index in [0.717, 1.165) is 12.0 Å². The van der Waals surface area contributed by atoms with Crippen LogP contribution in [0, 0.1) is 5.92 Å². The van der Waals surface area contributed by atoms with Crippen LogP contribution in [0.4, 0.5) is 0 Å². The molecule has 0 aromatic carbocycles. The number of thioether (sulfide) groups is 1. The number of rotatable bonds is 5. The summed E-state index contributed by atoms with van der Waals surface area (Å²) in [5.41, 5.74) is 0. The predicted octanol–water partition coefficient (Wildman–Crippen LogP) is 2.91. The van der Waals surface area contributed by atoms with Crippen LogP contribution in [0.3, 0.4) is 0 Å². The first-order valence-corrected chi connectivity index (χ1v) is 6.92. The van der Waals surface area contributed by atoms with Gasteiger partial charge in [0.25, 0.3) is 0 Å². The number of hydrogen-bond donors (Lipinski definition) is 1. The van der Waals surface area contributed by atoms with Crippen molar-refractivity contribution in [3.63, 3.8) is 0 Å². The molecule has 78 valence electrons.